The van der Waals surface area contributed by atoms with E-state index in [1.165, 1.54) is 5.56 Å². The second kappa shape index (κ2) is 3.16. The molecule has 1 N–H and O–H groups in total. The van der Waals surface area contributed by atoms with Crippen LogP contribution in [0.4, 0.5) is 0 Å². The molecule has 0 aliphatic heterocycles. The molecule has 0 aromatic carbocycles. The lowest BCUT2D eigenvalue weighted by molar-refractivity contribution is 0.743. The molecule has 0 bridgehead atoms. The van der Waals surface area contributed by atoms with E-state index in [1.54, 1.807) is 4.68 Å². The number of nitrogens with zero attached hydrogens (tertiary/aromatic N) is 2. The van der Waals surface area contributed by atoms with Crippen molar-refractivity contribution in [2.24, 2.45) is 7.05 Å². The van der Waals surface area contributed by atoms with Gasteiger partial charge in [0.1, 0.15) is 4.60 Å². The quantitative estimate of drug-likeness (QED) is 0.775. The Bertz CT molecular complexity index is 219. The van der Waals surface area contributed by atoms with Gasteiger partial charge < -0.3 is 5.32 Å². The maximum Gasteiger partial charge on any atom is 0.108 e. The summed E-state index contributed by atoms with van der Waals surface area (Å²) in [4.78, 5) is 0. The third kappa shape index (κ3) is 1.38. The molecule has 0 amide bonds. The van der Waals surface area contributed by atoms with Crippen molar-refractivity contribution in [2.75, 3.05) is 7.05 Å². The number of aryl methyl sites for hydroxylation is 1. The van der Waals surface area contributed by atoms with Crippen molar-refractivity contribution in [3.05, 3.63) is 16.4 Å². The lowest BCUT2D eigenvalue weighted by Crippen LogP contribution is -2.04. The van der Waals surface area contributed by atoms with Gasteiger partial charge in [0, 0.05) is 19.2 Å². The first-order chi connectivity index (χ1) is 4.75. The maximum atomic E-state index is 4.06. The van der Waals surface area contributed by atoms with Crippen molar-refractivity contribution in [1.29, 1.82) is 0 Å². The number of hydrogen-bond donors (Lipinski definition) is 1. The molecule has 4 heteroatoms. The average molecular weight is 204 g/mol. The molecule has 10 heavy (non-hydrogen) atoms. The number of rotatable bonds is 2. The Hall–Kier alpha value is -0.350. The van der Waals surface area contributed by atoms with Crippen LogP contribution in [0.2, 0.25) is 0 Å². The minimum Gasteiger partial charge on any atom is -0.316 e. The highest BCUT2D eigenvalue weighted by Gasteiger charge is 2.01. The topological polar surface area (TPSA) is 29.9 Å². The van der Waals surface area contributed by atoms with Gasteiger partial charge in [0.05, 0.1) is 6.20 Å². The monoisotopic (exact) mass is 203 g/mol. The fourth-order valence-electron chi connectivity index (χ4n) is 0.777. The summed E-state index contributed by atoms with van der Waals surface area (Å²) in [6, 6.07) is 0. The van der Waals surface area contributed by atoms with Gasteiger partial charge in [0.2, 0.25) is 0 Å². The predicted octanol–water partition coefficient (Wildman–Crippen LogP) is 0.902. The third-order valence-electron chi connectivity index (χ3n) is 1.30. The van der Waals surface area contributed by atoms with Gasteiger partial charge in [0.15, 0.2) is 0 Å². The molecule has 1 heterocycles. The molecule has 0 atom stereocenters. The first-order valence-corrected chi connectivity index (χ1v) is 3.86. The van der Waals surface area contributed by atoms with Gasteiger partial charge in [-0.05, 0) is 23.0 Å². The summed E-state index contributed by atoms with van der Waals surface area (Å²) in [5, 5.41) is 7.12. The van der Waals surface area contributed by atoms with Crippen molar-refractivity contribution in [2.45, 2.75) is 6.54 Å². The molecular weight excluding hydrogens is 194 g/mol. The lowest BCUT2D eigenvalue weighted by Gasteiger charge is -1.95. The number of halogens is 1. The van der Waals surface area contributed by atoms with Crippen LogP contribution in [-0.2, 0) is 13.6 Å². The van der Waals surface area contributed by atoms with E-state index in [1.807, 2.05) is 20.3 Å². The Balaban J connectivity index is 2.83. The molecule has 1 aromatic rings. The Labute approximate surface area is 68.6 Å². The van der Waals surface area contributed by atoms with Crippen LogP contribution in [0.25, 0.3) is 0 Å². The molecule has 1 aromatic heterocycles. The van der Waals surface area contributed by atoms with Crippen LogP contribution in [0.15, 0.2) is 10.8 Å². The summed E-state index contributed by atoms with van der Waals surface area (Å²) in [7, 11) is 3.82. The Morgan fingerprint density at radius 2 is 2.50 bits per heavy atom. The fourth-order valence-corrected chi connectivity index (χ4v) is 1.11. The molecule has 0 saturated heterocycles. The summed E-state index contributed by atoms with van der Waals surface area (Å²) in [6.07, 6.45) is 1.85. The Kier molecular flexibility index (Phi) is 2.45. The second-order valence-electron chi connectivity index (χ2n) is 2.11. The van der Waals surface area contributed by atoms with Crippen LogP contribution in [-0.4, -0.2) is 16.8 Å². The lowest BCUT2D eigenvalue weighted by atomic mass is 10.4. The van der Waals surface area contributed by atoms with E-state index in [2.05, 4.69) is 26.3 Å². The third-order valence-corrected chi connectivity index (χ3v) is 2.33. The zero-order valence-corrected chi connectivity index (χ0v) is 7.64. The van der Waals surface area contributed by atoms with Crippen LogP contribution in [0.1, 0.15) is 5.56 Å². The van der Waals surface area contributed by atoms with E-state index in [0.29, 0.717) is 0 Å². The molecule has 0 saturated carbocycles. The zero-order valence-electron chi connectivity index (χ0n) is 6.06. The minimum atomic E-state index is 0.856. The Morgan fingerprint density at radius 1 is 1.80 bits per heavy atom. The van der Waals surface area contributed by atoms with Gasteiger partial charge in [-0.15, -0.1) is 0 Å². The molecule has 3 nitrogen and oxygen atoms in total. The maximum absolute atomic E-state index is 4.06. The van der Waals surface area contributed by atoms with E-state index in [9.17, 15) is 0 Å². The average Bonchev–Trinajstić information content (AvgIpc) is 2.20. The van der Waals surface area contributed by atoms with Gasteiger partial charge in [-0.1, -0.05) is 0 Å². The zero-order chi connectivity index (χ0) is 7.56. The van der Waals surface area contributed by atoms with E-state index < -0.39 is 0 Å². The molecule has 0 aliphatic rings. The van der Waals surface area contributed by atoms with Crippen molar-refractivity contribution >= 4 is 15.9 Å². The SMILES string of the molecule is CNCc1cnn(C)c1Br. The van der Waals surface area contributed by atoms with Crippen molar-refractivity contribution in [3.63, 3.8) is 0 Å². The highest BCUT2D eigenvalue weighted by molar-refractivity contribution is 9.10. The van der Waals surface area contributed by atoms with E-state index >= 15 is 0 Å². The van der Waals surface area contributed by atoms with Gasteiger partial charge in [-0.25, -0.2) is 0 Å². The normalized spacial score (nSPS) is 10.3. The van der Waals surface area contributed by atoms with Gasteiger partial charge in [-0.3, -0.25) is 4.68 Å². The first kappa shape index (κ1) is 7.75. The molecule has 56 valence electrons. The molecule has 0 fully saturated rings. The standard InChI is InChI=1S/C6H10BrN3/c1-8-3-5-4-9-10(2)6(5)7/h4,8H,3H2,1-2H3. The number of hydrogen-bond acceptors (Lipinski definition) is 2. The second-order valence-corrected chi connectivity index (χ2v) is 2.87. The summed E-state index contributed by atoms with van der Waals surface area (Å²) >= 11 is 3.41. The number of nitrogens with one attached hydrogen (secondary N) is 1. The van der Waals surface area contributed by atoms with Gasteiger partial charge in [0.25, 0.3) is 0 Å². The van der Waals surface area contributed by atoms with Crippen LogP contribution in [0.3, 0.4) is 0 Å². The van der Waals surface area contributed by atoms with E-state index in [4.69, 9.17) is 0 Å². The van der Waals surface area contributed by atoms with E-state index in [0.717, 1.165) is 11.1 Å². The highest BCUT2D eigenvalue weighted by atomic mass is 79.9. The summed E-state index contributed by atoms with van der Waals surface area (Å²) in [5.74, 6) is 0. The molecule has 0 radical (unpaired) electrons. The summed E-state index contributed by atoms with van der Waals surface area (Å²) in [6.45, 7) is 0.856. The number of aromatic nitrogens is 2. The van der Waals surface area contributed by atoms with Crippen molar-refractivity contribution in [3.8, 4) is 0 Å². The predicted molar refractivity (Wildman–Crippen MR) is 43.7 cm³/mol. The van der Waals surface area contributed by atoms with Crippen LogP contribution >= 0.6 is 15.9 Å². The largest absolute Gasteiger partial charge is 0.316 e. The smallest absolute Gasteiger partial charge is 0.108 e. The highest BCUT2D eigenvalue weighted by Crippen LogP contribution is 2.13. The minimum absolute atomic E-state index is 0.856. The van der Waals surface area contributed by atoms with Gasteiger partial charge in [-0.2, -0.15) is 5.10 Å². The van der Waals surface area contributed by atoms with Crippen LogP contribution in [0.5, 0.6) is 0 Å². The summed E-state index contributed by atoms with van der Waals surface area (Å²) < 4.78 is 2.84. The van der Waals surface area contributed by atoms with E-state index in [-0.39, 0.29) is 0 Å². The Morgan fingerprint density at radius 3 is 2.90 bits per heavy atom. The molecular formula is C6H10BrN3. The molecule has 0 unspecified atom stereocenters. The van der Waals surface area contributed by atoms with Crippen molar-refractivity contribution < 1.29 is 0 Å². The van der Waals surface area contributed by atoms with Crippen LogP contribution in [0, 0.1) is 0 Å². The van der Waals surface area contributed by atoms with Gasteiger partial charge >= 0.3 is 0 Å². The molecule has 1 rings (SSSR count). The summed E-state index contributed by atoms with van der Waals surface area (Å²) in [5.41, 5.74) is 1.19. The molecule has 0 aliphatic carbocycles. The van der Waals surface area contributed by atoms with Crippen LogP contribution < -0.4 is 5.32 Å². The molecule has 0 spiro atoms. The van der Waals surface area contributed by atoms with Crippen molar-refractivity contribution in [1.82, 2.24) is 15.1 Å². The fraction of sp³-hybridized carbons (Fsp3) is 0.500. The first-order valence-electron chi connectivity index (χ1n) is 3.06.